The van der Waals surface area contributed by atoms with E-state index in [9.17, 15) is 0 Å². The first-order chi connectivity index (χ1) is 10.7. The molecular weight excluding hydrogens is 272 g/mol. The van der Waals surface area contributed by atoms with Crippen LogP contribution in [-0.2, 0) is 13.0 Å². The smallest absolute Gasteiger partial charge is 0.239 e. The Morgan fingerprint density at radius 3 is 2.41 bits per heavy atom. The first-order valence-corrected chi connectivity index (χ1v) is 7.19. The van der Waals surface area contributed by atoms with Gasteiger partial charge in [0.1, 0.15) is 5.82 Å². The molecule has 2 aromatic carbocycles. The van der Waals surface area contributed by atoms with Crippen LogP contribution in [0.3, 0.4) is 0 Å². The molecule has 1 heterocycles. The number of nitrogen functional groups attached to an aromatic ring is 1. The van der Waals surface area contributed by atoms with E-state index in [1.807, 2.05) is 41.1 Å². The highest BCUT2D eigenvalue weighted by atomic mass is 15.4. The van der Waals surface area contributed by atoms with Crippen LogP contribution in [0.1, 0.15) is 22.5 Å². The van der Waals surface area contributed by atoms with Crippen molar-refractivity contribution < 1.29 is 0 Å². The van der Waals surface area contributed by atoms with E-state index in [2.05, 4.69) is 40.9 Å². The molecule has 0 aliphatic carbocycles. The Morgan fingerprint density at radius 1 is 1.00 bits per heavy atom. The Kier molecular flexibility index (Phi) is 4.01. The molecule has 0 unspecified atom stereocenters. The lowest BCUT2D eigenvalue weighted by Crippen LogP contribution is -2.07. The second kappa shape index (κ2) is 6.26. The lowest BCUT2D eigenvalue weighted by atomic mass is 10.1. The Bertz CT molecular complexity index is 758. The molecule has 0 saturated carbocycles. The summed E-state index contributed by atoms with van der Waals surface area (Å²) in [6.45, 7) is 4.42. The van der Waals surface area contributed by atoms with Crippen LogP contribution in [0.5, 0.6) is 0 Å². The monoisotopic (exact) mass is 290 g/mol. The molecule has 2 N–H and O–H groups in total. The summed E-state index contributed by atoms with van der Waals surface area (Å²) in [5, 5.41) is 4.31. The number of nitrogens with two attached hydrogens (primary N) is 1. The van der Waals surface area contributed by atoms with Crippen molar-refractivity contribution in [3.05, 3.63) is 83.7 Å². The predicted molar refractivity (Wildman–Crippen MR) is 89.3 cm³/mol. The van der Waals surface area contributed by atoms with Crippen LogP contribution in [0.25, 0.3) is 6.08 Å². The topological polar surface area (TPSA) is 56.7 Å². The number of nitrogens with zero attached hydrogens (tertiary/aromatic N) is 3. The first-order valence-electron chi connectivity index (χ1n) is 7.19. The van der Waals surface area contributed by atoms with Crippen LogP contribution in [0, 0.1) is 0 Å². The molecule has 0 aliphatic heterocycles. The second-order valence-electron chi connectivity index (χ2n) is 5.15. The largest absolute Gasteiger partial charge is 0.366 e. The van der Waals surface area contributed by atoms with Crippen molar-refractivity contribution in [3.8, 4) is 0 Å². The van der Waals surface area contributed by atoms with Gasteiger partial charge in [0.05, 0.1) is 6.54 Å². The van der Waals surface area contributed by atoms with Gasteiger partial charge in [0, 0.05) is 6.42 Å². The van der Waals surface area contributed by atoms with Crippen LogP contribution in [-0.4, -0.2) is 14.8 Å². The van der Waals surface area contributed by atoms with Crippen LogP contribution < -0.4 is 5.73 Å². The third kappa shape index (κ3) is 3.23. The summed E-state index contributed by atoms with van der Waals surface area (Å²) in [4.78, 5) is 4.35. The zero-order valence-corrected chi connectivity index (χ0v) is 12.3. The summed E-state index contributed by atoms with van der Waals surface area (Å²) in [5.74, 6) is 1.19. The number of benzene rings is 2. The highest BCUT2D eigenvalue weighted by Gasteiger charge is 2.09. The van der Waals surface area contributed by atoms with Gasteiger partial charge in [-0.1, -0.05) is 67.3 Å². The summed E-state index contributed by atoms with van der Waals surface area (Å²) in [5.41, 5.74) is 9.23. The lowest BCUT2D eigenvalue weighted by molar-refractivity contribution is 0.649. The molecule has 4 nitrogen and oxygen atoms in total. The molecule has 0 amide bonds. The fourth-order valence-electron chi connectivity index (χ4n) is 2.36. The molecule has 0 aliphatic rings. The molecule has 3 aromatic rings. The fourth-order valence-corrected chi connectivity index (χ4v) is 2.36. The quantitative estimate of drug-likeness (QED) is 0.785. The van der Waals surface area contributed by atoms with Crippen LogP contribution in [0.4, 0.5) is 5.95 Å². The molecule has 22 heavy (non-hydrogen) atoms. The highest BCUT2D eigenvalue weighted by Crippen LogP contribution is 2.12. The van der Waals surface area contributed by atoms with Crippen LogP contribution >= 0.6 is 0 Å². The zero-order valence-electron chi connectivity index (χ0n) is 12.3. The molecule has 0 atom stereocenters. The Labute approximate surface area is 129 Å². The Hall–Kier alpha value is -2.88. The van der Waals surface area contributed by atoms with Crippen molar-refractivity contribution >= 4 is 12.0 Å². The van der Waals surface area contributed by atoms with E-state index >= 15 is 0 Å². The molecule has 3 rings (SSSR count). The summed E-state index contributed by atoms with van der Waals surface area (Å²) < 4.78 is 1.87. The maximum atomic E-state index is 5.78. The first kappa shape index (κ1) is 14.1. The molecule has 110 valence electrons. The molecule has 0 spiro atoms. The summed E-state index contributed by atoms with van der Waals surface area (Å²) in [6.07, 6.45) is 2.55. The van der Waals surface area contributed by atoms with E-state index in [0.29, 0.717) is 12.5 Å². The van der Waals surface area contributed by atoms with Crippen LogP contribution in [0.2, 0.25) is 0 Å². The minimum absolute atomic E-state index is 0.314. The fraction of sp³-hybridized carbons (Fsp3) is 0.111. The van der Waals surface area contributed by atoms with Gasteiger partial charge in [0.2, 0.25) is 5.95 Å². The predicted octanol–water partition coefficient (Wildman–Crippen LogP) is 3.14. The van der Waals surface area contributed by atoms with Crippen molar-refractivity contribution in [1.82, 2.24) is 14.8 Å². The number of rotatable bonds is 5. The molecule has 0 radical (unpaired) electrons. The summed E-state index contributed by atoms with van der Waals surface area (Å²) in [7, 11) is 0. The van der Waals surface area contributed by atoms with Crippen molar-refractivity contribution in [2.24, 2.45) is 0 Å². The van der Waals surface area contributed by atoms with Gasteiger partial charge < -0.3 is 5.73 Å². The lowest BCUT2D eigenvalue weighted by Gasteiger charge is -2.06. The average Bonchev–Trinajstić information content (AvgIpc) is 2.88. The van der Waals surface area contributed by atoms with E-state index in [1.54, 1.807) is 0 Å². The van der Waals surface area contributed by atoms with Crippen molar-refractivity contribution in [2.45, 2.75) is 13.0 Å². The van der Waals surface area contributed by atoms with Crippen LogP contribution in [0.15, 0.2) is 61.2 Å². The van der Waals surface area contributed by atoms with Gasteiger partial charge in [-0.05, 0) is 16.7 Å². The summed E-state index contributed by atoms with van der Waals surface area (Å²) in [6, 6.07) is 18.4. The SMILES string of the molecule is C=Cc1ccc(Cn2nc(N)nc2Cc2ccccc2)cc1. The highest BCUT2D eigenvalue weighted by molar-refractivity contribution is 5.47. The van der Waals surface area contributed by atoms with Gasteiger partial charge in [-0.3, -0.25) is 0 Å². The molecule has 0 saturated heterocycles. The standard InChI is InChI=1S/C18H18N4/c1-2-14-8-10-16(11-9-14)13-22-17(20-18(19)21-22)12-15-6-4-3-5-7-15/h2-11H,1,12-13H2,(H2,19,21). The van der Waals surface area contributed by atoms with Gasteiger partial charge in [-0.15, -0.1) is 5.10 Å². The molecule has 1 aromatic heterocycles. The average molecular weight is 290 g/mol. The number of hydrogen-bond acceptors (Lipinski definition) is 3. The van der Waals surface area contributed by atoms with Gasteiger partial charge in [0.15, 0.2) is 0 Å². The van der Waals surface area contributed by atoms with E-state index in [1.165, 1.54) is 5.56 Å². The molecule has 0 fully saturated rings. The van der Waals surface area contributed by atoms with E-state index < -0.39 is 0 Å². The van der Waals surface area contributed by atoms with Gasteiger partial charge >= 0.3 is 0 Å². The maximum Gasteiger partial charge on any atom is 0.239 e. The normalized spacial score (nSPS) is 10.5. The maximum absolute atomic E-state index is 5.78. The second-order valence-corrected chi connectivity index (χ2v) is 5.15. The Balaban J connectivity index is 1.82. The zero-order chi connectivity index (χ0) is 15.4. The van der Waals surface area contributed by atoms with E-state index in [-0.39, 0.29) is 0 Å². The van der Waals surface area contributed by atoms with Gasteiger partial charge in [-0.2, -0.15) is 4.98 Å². The van der Waals surface area contributed by atoms with Crippen molar-refractivity contribution in [2.75, 3.05) is 5.73 Å². The van der Waals surface area contributed by atoms with Crippen molar-refractivity contribution in [1.29, 1.82) is 0 Å². The third-order valence-electron chi connectivity index (χ3n) is 3.52. The molecule has 4 heteroatoms. The van der Waals surface area contributed by atoms with Gasteiger partial charge in [0.25, 0.3) is 0 Å². The molecule has 0 bridgehead atoms. The number of anilines is 1. The minimum atomic E-state index is 0.314. The summed E-state index contributed by atoms with van der Waals surface area (Å²) >= 11 is 0. The van der Waals surface area contributed by atoms with Gasteiger partial charge in [-0.25, -0.2) is 4.68 Å². The van der Waals surface area contributed by atoms with E-state index in [0.717, 1.165) is 23.4 Å². The van der Waals surface area contributed by atoms with Crippen molar-refractivity contribution in [3.63, 3.8) is 0 Å². The Morgan fingerprint density at radius 2 is 1.73 bits per heavy atom. The minimum Gasteiger partial charge on any atom is -0.366 e. The third-order valence-corrected chi connectivity index (χ3v) is 3.52. The number of hydrogen-bond donors (Lipinski definition) is 1. The number of aromatic nitrogens is 3. The molecular formula is C18H18N4. The van der Waals surface area contributed by atoms with E-state index in [4.69, 9.17) is 5.73 Å².